The maximum Gasteiger partial charge on any atom is 0.134 e. The second kappa shape index (κ2) is 3.27. The average Bonchev–Trinajstić information content (AvgIpc) is 2.53. The van der Waals surface area contributed by atoms with Gasteiger partial charge in [-0.1, -0.05) is 11.6 Å². The third-order valence-corrected chi connectivity index (χ3v) is 2.12. The van der Waals surface area contributed by atoms with Gasteiger partial charge < -0.3 is 4.42 Å². The molecule has 0 amide bonds. The number of aryl methyl sites for hydroxylation is 1. The van der Waals surface area contributed by atoms with Gasteiger partial charge in [-0.15, -0.1) is 0 Å². The summed E-state index contributed by atoms with van der Waals surface area (Å²) in [6, 6.07) is 11.5. The van der Waals surface area contributed by atoms with E-state index in [0.717, 1.165) is 22.1 Å². The van der Waals surface area contributed by atoms with Crippen LogP contribution in [-0.2, 0) is 0 Å². The SMILES string of the molecule is Cc1ccc(-c2ccc(Cl)cc2)o1. The van der Waals surface area contributed by atoms with Gasteiger partial charge in [0.2, 0.25) is 0 Å². The minimum Gasteiger partial charge on any atom is -0.461 e. The first-order valence-corrected chi connectivity index (χ1v) is 4.46. The maximum absolute atomic E-state index is 5.77. The molecule has 0 aliphatic rings. The van der Waals surface area contributed by atoms with Crippen molar-refractivity contribution in [2.75, 3.05) is 0 Å². The quantitative estimate of drug-likeness (QED) is 0.668. The topological polar surface area (TPSA) is 13.1 Å². The summed E-state index contributed by atoms with van der Waals surface area (Å²) < 4.78 is 5.47. The first-order chi connectivity index (χ1) is 6.25. The lowest BCUT2D eigenvalue weighted by Gasteiger charge is -1.95. The number of hydrogen-bond acceptors (Lipinski definition) is 1. The van der Waals surface area contributed by atoms with E-state index in [9.17, 15) is 0 Å². The molecule has 1 aromatic heterocycles. The standard InChI is InChI=1S/C11H9ClO/c1-8-2-7-11(13-8)9-3-5-10(12)6-4-9/h2-7H,1H3. The van der Waals surface area contributed by atoms with E-state index in [1.165, 1.54) is 0 Å². The molecule has 0 saturated heterocycles. The summed E-state index contributed by atoms with van der Waals surface area (Å²) in [4.78, 5) is 0. The Morgan fingerprint density at radius 2 is 1.69 bits per heavy atom. The average molecular weight is 193 g/mol. The fraction of sp³-hybridized carbons (Fsp3) is 0.0909. The third kappa shape index (κ3) is 1.76. The Morgan fingerprint density at radius 3 is 2.23 bits per heavy atom. The molecule has 0 aliphatic heterocycles. The van der Waals surface area contributed by atoms with Crippen LogP contribution in [0.15, 0.2) is 40.8 Å². The lowest BCUT2D eigenvalue weighted by Crippen LogP contribution is -1.71. The first kappa shape index (κ1) is 8.39. The zero-order chi connectivity index (χ0) is 9.26. The highest BCUT2D eigenvalue weighted by Gasteiger charge is 2.00. The van der Waals surface area contributed by atoms with Gasteiger partial charge in [-0.05, 0) is 43.3 Å². The number of hydrogen-bond donors (Lipinski definition) is 0. The van der Waals surface area contributed by atoms with Crippen LogP contribution in [0.4, 0.5) is 0 Å². The highest BCUT2D eigenvalue weighted by atomic mass is 35.5. The van der Waals surface area contributed by atoms with Crippen molar-refractivity contribution in [3.63, 3.8) is 0 Å². The molecule has 1 nitrogen and oxygen atoms in total. The van der Waals surface area contributed by atoms with Gasteiger partial charge in [-0.25, -0.2) is 0 Å². The van der Waals surface area contributed by atoms with Crippen LogP contribution < -0.4 is 0 Å². The van der Waals surface area contributed by atoms with Crippen LogP contribution in [0.25, 0.3) is 11.3 Å². The summed E-state index contributed by atoms with van der Waals surface area (Å²) in [5, 5.41) is 0.743. The second-order valence-electron chi connectivity index (χ2n) is 2.92. The molecular formula is C11H9ClO. The first-order valence-electron chi connectivity index (χ1n) is 4.08. The van der Waals surface area contributed by atoms with Crippen molar-refractivity contribution in [1.82, 2.24) is 0 Å². The molecule has 0 atom stereocenters. The van der Waals surface area contributed by atoms with E-state index >= 15 is 0 Å². The predicted octanol–water partition coefficient (Wildman–Crippen LogP) is 3.91. The van der Waals surface area contributed by atoms with Gasteiger partial charge in [0.1, 0.15) is 11.5 Å². The van der Waals surface area contributed by atoms with E-state index in [-0.39, 0.29) is 0 Å². The van der Waals surface area contributed by atoms with Gasteiger partial charge >= 0.3 is 0 Å². The van der Waals surface area contributed by atoms with Crippen LogP contribution >= 0.6 is 11.6 Å². The molecule has 1 heterocycles. The van der Waals surface area contributed by atoms with E-state index in [0.29, 0.717) is 0 Å². The van der Waals surface area contributed by atoms with E-state index in [2.05, 4.69) is 0 Å². The minimum atomic E-state index is 0.743. The van der Waals surface area contributed by atoms with Crippen molar-refractivity contribution in [2.45, 2.75) is 6.92 Å². The minimum absolute atomic E-state index is 0.743. The largest absolute Gasteiger partial charge is 0.461 e. The number of rotatable bonds is 1. The number of halogens is 1. The Morgan fingerprint density at radius 1 is 1.00 bits per heavy atom. The van der Waals surface area contributed by atoms with Crippen LogP contribution in [0.2, 0.25) is 5.02 Å². The highest BCUT2D eigenvalue weighted by molar-refractivity contribution is 6.30. The van der Waals surface area contributed by atoms with E-state index in [1.807, 2.05) is 43.3 Å². The van der Waals surface area contributed by atoms with Crippen LogP contribution in [-0.4, -0.2) is 0 Å². The van der Waals surface area contributed by atoms with Crippen molar-refractivity contribution in [3.05, 3.63) is 47.2 Å². The molecule has 1 aromatic carbocycles. The van der Waals surface area contributed by atoms with Crippen molar-refractivity contribution < 1.29 is 4.42 Å². The summed E-state index contributed by atoms with van der Waals surface area (Å²) >= 11 is 5.77. The molecule has 2 aromatic rings. The fourth-order valence-electron chi connectivity index (χ4n) is 1.20. The molecule has 0 saturated carbocycles. The molecule has 2 rings (SSSR count). The molecule has 0 unspecified atom stereocenters. The summed E-state index contributed by atoms with van der Waals surface area (Å²) in [6.45, 7) is 1.93. The van der Waals surface area contributed by atoms with Crippen LogP contribution in [0.5, 0.6) is 0 Å². The molecule has 66 valence electrons. The Balaban J connectivity index is 2.41. The molecule has 0 spiro atoms. The normalized spacial score (nSPS) is 10.3. The van der Waals surface area contributed by atoms with Gasteiger partial charge in [0, 0.05) is 10.6 Å². The van der Waals surface area contributed by atoms with Crippen molar-refractivity contribution >= 4 is 11.6 Å². The van der Waals surface area contributed by atoms with Gasteiger partial charge in [0.15, 0.2) is 0 Å². The molecule has 13 heavy (non-hydrogen) atoms. The summed E-state index contributed by atoms with van der Waals surface area (Å²) in [6.07, 6.45) is 0. The number of furan rings is 1. The van der Waals surface area contributed by atoms with Gasteiger partial charge in [0.05, 0.1) is 0 Å². The molecule has 0 N–H and O–H groups in total. The molecular weight excluding hydrogens is 184 g/mol. The van der Waals surface area contributed by atoms with Crippen LogP contribution in [0.3, 0.4) is 0 Å². The van der Waals surface area contributed by atoms with Crippen molar-refractivity contribution in [2.24, 2.45) is 0 Å². The molecule has 0 radical (unpaired) electrons. The van der Waals surface area contributed by atoms with E-state index in [1.54, 1.807) is 0 Å². The third-order valence-electron chi connectivity index (χ3n) is 1.87. The van der Waals surface area contributed by atoms with Gasteiger partial charge in [-0.2, -0.15) is 0 Å². The zero-order valence-corrected chi connectivity index (χ0v) is 8.01. The molecule has 0 bridgehead atoms. The Bertz CT molecular complexity index is 400. The Hall–Kier alpha value is -1.21. The highest BCUT2D eigenvalue weighted by Crippen LogP contribution is 2.23. The monoisotopic (exact) mass is 192 g/mol. The van der Waals surface area contributed by atoms with E-state index in [4.69, 9.17) is 16.0 Å². The van der Waals surface area contributed by atoms with E-state index < -0.39 is 0 Å². The van der Waals surface area contributed by atoms with Crippen LogP contribution in [0, 0.1) is 6.92 Å². The van der Waals surface area contributed by atoms with Crippen LogP contribution in [0.1, 0.15) is 5.76 Å². The Kier molecular flexibility index (Phi) is 2.11. The summed E-state index contributed by atoms with van der Waals surface area (Å²) in [7, 11) is 0. The molecule has 0 fully saturated rings. The van der Waals surface area contributed by atoms with Gasteiger partial charge in [-0.3, -0.25) is 0 Å². The molecule has 0 aliphatic carbocycles. The lowest BCUT2D eigenvalue weighted by molar-refractivity contribution is 0.548. The van der Waals surface area contributed by atoms with Crippen molar-refractivity contribution in [3.8, 4) is 11.3 Å². The van der Waals surface area contributed by atoms with Gasteiger partial charge in [0.25, 0.3) is 0 Å². The second-order valence-corrected chi connectivity index (χ2v) is 3.35. The maximum atomic E-state index is 5.77. The predicted molar refractivity (Wildman–Crippen MR) is 53.9 cm³/mol. The Labute approximate surface area is 82.0 Å². The number of benzene rings is 1. The lowest BCUT2D eigenvalue weighted by atomic mass is 10.2. The summed E-state index contributed by atoms with van der Waals surface area (Å²) in [5.74, 6) is 1.80. The van der Waals surface area contributed by atoms with Crippen molar-refractivity contribution in [1.29, 1.82) is 0 Å². The zero-order valence-electron chi connectivity index (χ0n) is 7.25. The molecule has 2 heteroatoms. The smallest absolute Gasteiger partial charge is 0.134 e. The summed E-state index contributed by atoms with van der Waals surface area (Å²) in [5.41, 5.74) is 1.05. The fourth-order valence-corrected chi connectivity index (χ4v) is 1.33.